The van der Waals surface area contributed by atoms with Gasteiger partial charge in [0.2, 0.25) is 11.8 Å². The summed E-state index contributed by atoms with van der Waals surface area (Å²) in [7, 11) is 0. The van der Waals surface area contributed by atoms with Gasteiger partial charge in [-0.1, -0.05) is 57.0 Å². The summed E-state index contributed by atoms with van der Waals surface area (Å²) in [6.07, 6.45) is 2.43. The van der Waals surface area contributed by atoms with Crippen molar-refractivity contribution >= 4 is 17.9 Å². The van der Waals surface area contributed by atoms with Crippen molar-refractivity contribution in [2.45, 2.75) is 118 Å². The summed E-state index contributed by atoms with van der Waals surface area (Å²) in [5.41, 5.74) is 0.876. The van der Waals surface area contributed by atoms with Crippen LogP contribution in [0, 0.1) is 12.8 Å². The van der Waals surface area contributed by atoms with E-state index in [9.17, 15) is 19.5 Å². The Morgan fingerprint density at radius 1 is 1.03 bits per heavy atom. The fourth-order valence-corrected chi connectivity index (χ4v) is 4.23. The van der Waals surface area contributed by atoms with E-state index in [4.69, 9.17) is 4.74 Å². The number of amides is 3. The Kier molecular flexibility index (Phi) is 13.1. The van der Waals surface area contributed by atoms with Crippen molar-refractivity contribution in [1.29, 1.82) is 0 Å². The third-order valence-corrected chi connectivity index (χ3v) is 6.06. The molecule has 0 saturated heterocycles. The van der Waals surface area contributed by atoms with Gasteiger partial charge in [-0.15, -0.1) is 0 Å². The molecule has 0 aliphatic carbocycles. The smallest absolute Gasteiger partial charge is 0.408 e. The van der Waals surface area contributed by atoms with Crippen molar-refractivity contribution in [3.05, 3.63) is 35.4 Å². The van der Waals surface area contributed by atoms with E-state index in [1.54, 1.807) is 20.8 Å². The Morgan fingerprint density at radius 3 is 2.19 bits per heavy atom. The minimum absolute atomic E-state index is 0.0683. The van der Waals surface area contributed by atoms with Gasteiger partial charge in [0.15, 0.2) is 0 Å². The molecule has 3 amide bonds. The quantitative estimate of drug-likeness (QED) is 0.344. The van der Waals surface area contributed by atoms with Gasteiger partial charge >= 0.3 is 6.09 Å². The molecule has 4 atom stereocenters. The highest BCUT2D eigenvalue weighted by Gasteiger charge is 2.39. The largest absolute Gasteiger partial charge is 0.444 e. The maximum absolute atomic E-state index is 14.0. The van der Waals surface area contributed by atoms with Crippen LogP contribution in [0.2, 0.25) is 0 Å². The number of hydrogen-bond acceptors (Lipinski definition) is 5. The number of aliphatic hydroxyl groups is 1. The normalized spacial score (nSPS) is 14.9. The van der Waals surface area contributed by atoms with Gasteiger partial charge in [0, 0.05) is 12.1 Å². The maximum atomic E-state index is 14.0. The highest BCUT2D eigenvalue weighted by Crippen LogP contribution is 2.28. The lowest BCUT2D eigenvalue weighted by molar-refractivity contribution is -0.146. The molecule has 37 heavy (non-hydrogen) atoms. The molecule has 0 spiro atoms. The number of benzene rings is 1. The minimum Gasteiger partial charge on any atom is -0.444 e. The third-order valence-electron chi connectivity index (χ3n) is 6.06. The fourth-order valence-electron chi connectivity index (χ4n) is 4.23. The van der Waals surface area contributed by atoms with Crippen molar-refractivity contribution in [3.63, 3.8) is 0 Å². The highest BCUT2D eigenvalue weighted by atomic mass is 16.6. The number of nitrogens with zero attached hydrogens (tertiary/aromatic N) is 1. The molecule has 0 heterocycles. The van der Waals surface area contributed by atoms with E-state index in [1.165, 1.54) is 4.90 Å². The van der Waals surface area contributed by atoms with Gasteiger partial charge in [0.25, 0.3) is 0 Å². The molecule has 0 aliphatic rings. The molecule has 210 valence electrons. The number of ether oxygens (including phenoxy) is 1. The van der Waals surface area contributed by atoms with Crippen LogP contribution in [0.3, 0.4) is 0 Å². The van der Waals surface area contributed by atoms with E-state index < -0.39 is 36.3 Å². The van der Waals surface area contributed by atoms with Gasteiger partial charge in [-0.3, -0.25) is 9.59 Å². The van der Waals surface area contributed by atoms with Gasteiger partial charge in [-0.05, 0) is 72.3 Å². The van der Waals surface area contributed by atoms with Crippen LogP contribution in [-0.4, -0.2) is 58.2 Å². The van der Waals surface area contributed by atoms with E-state index >= 15 is 0 Å². The first-order valence-corrected chi connectivity index (χ1v) is 13.5. The third kappa shape index (κ3) is 11.1. The second kappa shape index (κ2) is 15.0. The minimum atomic E-state index is -1.26. The molecule has 1 rings (SSSR count). The van der Waals surface area contributed by atoms with Gasteiger partial charge in [0.1, 0.15) is 17.7 Å². The Hall–Kier alpha value is -2.61. The molecule has 0 aromatic heterocycles. The number of rotatable bonds is 13. The summed E-state index contributed by atoms with van der Waals surface area (Å²) >= 11 is 0. The molecular formula is C29H49N3O5. The predicted octanol–water partition coefficient (Wildman–Crippen LogP) is 4.88. The molecule has 0 bridgehead atoms. The van der Waals surface area contributed by atoms with Gasteiger partial charge in [0.05, 0.1) is 6.61 Å². The number of carbonyl (C=O) groups is 3. The molecule has 0 saturated carbocycles. The van der Waals surface area contributed by atoms with Crippen LogP contribution in [-0.2, 0) is 14.3 Å². The van der Waals surface area contributed by atoms with Crippen LogP contribution >= 0.6 is 0 Å². The Morgan fingerprint density at radius 2 is 1.68 bits per heavy atom. The molecule has 4 unspecified atom stereocenters. The van der Waals surface area contributed by atoms with Crippen LogP contribution in [0.1, 0.15) is 98.2 Å². The van der Waals surface area contributed by atoms with Gasteiger partial charge < -0.3 is 25.4 Å². The molecule has 1 aromatic carbocycles. The van der Waals surface area contributed by atoms with E-state index in [-0.39, 0.29) is 18.0 Å². The molecule has 8 nitrogen and oxygen atoms in total. The number of alkyl carbamates (subject to hydrolysis) is 1. The highest BCUT2D eigenvalue weighted by molar-refractivity contribution is 5.92. The summed E-state index contributed by atoms with van der Waals surface area (Å²) in [5.74, 6) is -0.413. The zero-order valence-electron chi connectivity index (χ0n) is 24.3. The van der Waals surface area contributed by atoms with Gasteiger partial charge in [-0.25, -0.2) is 4.79 Å². The lowest BCUT2D eigenvalue weighted by Crippen LogP contribution is -2.57. The van der Waals surface area contributed by atoms with Crippen molar-refractivity contribution < 1.29 is 24.2 Å². The Labute approximate surface area is 223 Å². The lowest BCUT2D eigenvalue weighted by Gasteiger charge is -2.39. The maximum Gasteiger partial charge on any atom is 0.408 e. The van der Waals surface area contributed by atoms with Crippen LogP contribution in [0.25, 0.3) is 0 Å². The van der Waals surface area contributed by atoms with Crippen molar-refractivity contribution in [1.82, 2.24) is 15.5 Å². The zero-order chi connectivity index (χ0) is 28.3. The SMILES string of the molecule is CCCC(C)NC(=O)C(c1cccc(C)c1)N(C(=O)C(CO)NC(=O)OC(C)(C)C)C(C)CCC(C)C. The standard InChI is InChI=1S/C29H49N3O5/c1-10-12-21(5)30-26(34)25(23-14-11-13-20(4)17-23)32(22(6)16-15-19(2)3)27(35)24(18-33)31-28(36)37-29(7,8)9/h11,13-14,17,19,21-22,24-25,33H,10,12,15-16,18H2,1-9H3,(H,30,34)(H,31,36). The molecule has 0 fully saturated rings. The van der Waals surface area contributed by atoms with Gasteiger partial charge in [-0.2, -0.15) is 0 Å². The lowest BCUT2D eigenvalue weighted by atomic mass is 9.96. The van der Waals surface area contributed by atoms with E-state index in [0.717, 1.165) is 24.8 Å². The summed E-state index contributed by atoms with van der Waals surface area (Å²) in [5, 5.41) is 15.7. The molecule has 0 aliphatic heterocycles. The first kappa shape index (κ1) is 32.4. The molecule has 1 aromatic rings. The van der Waals surface area contributed by atoms with Crippen LogP contribution in [0.5, 0.6) is 0 Å². The Bertz CT molecular complexity index is 881. The van der Waals surface area contributed by atoms with Crippen LogP contribution in [0.15, 0.2) is 24.3 Å². The number of hydrogen-bond donors (Lipinski definition) is 3. The average molecular weight is 520 g/mol. The first-order chi connectivity index (χ1) is 17.2. The van der Waals surface area contributed by atoms with E-state index in [2.05, 4.69) is 31.4 Å². The second-order valence-corrected chi connectivity index (χ2v) is 11.5. The Balaban J connectivity index is 3.52. The predicted molar refractivity (Wildman–Crippen MR) is 147 cm³/mol. The van der Waals surface area contributed by atoms with Crippen LogP contribution < -0.4 is 10.6 Å². The average Bonchev–Trinajstić information content (AvgIpc) is 2.77. The topological polar surface area (TPSA) is 108 Å². The van der Waals surface area contributed by atoms with E-state index in [0.29, 0.717) is 17.9 Å². The van der Waals surface area contributed by atoms with Crippen LogP contribution in [0.4, 0.5) is 4.79 Å². The molecule has 3 N–H and O–H groups in total. The first-order valence-electron chi connectivity index (χ1n) is 13.5. The monoisotopic (exact) mass is 519 g/mol. The molecule has 8 heteroatoms. The van der Waals surface area contributed by atoms with Crippen molar-refractivity contribution in [2.24, 2.45) is 5.92 Å². The molecular weight excluding hydrogens is 470 g/mol. The summed E-state index contributed by atoms with van der Waals surface area (Å²) in [6.45, 7) is 16.6. The zero-order valence-corrected chi connectivity index (χ0v) is 24.3. The molecule has 0 radical (unpaired) electrons. The number of aliphatic hydroxyl groups excluding tert-OH is 1. The second-order valence-electron chi connectivity index (χ2n) is 11.5. The number of carbonyl (C=O) groups excluding carboxylic acids is 3. The summed E-state index contributed by atoms with van der Waals surface area (Å²) in [6, 6.07) is 4.96. The number of nitrogens with one attached hydrogen (secondary N) is 2. The van der Waals surface area contributed by atoms with E-state index in [1.807, 2.05) is 45.0 Å². The van der Waals surface area contributed by atoms with Crippen molar-refractivity contribution in [2.75, 3.05) is 6.61 Å². The summed E-state index contributed by atoms with van der Waals surface area (Å²) < 4.78 is 5.32. The number of aryl methyl sites for hydroxylation is 1. The summed E-state index contributed by atoms with van der Waals surface area (Å²) in [4.78, 5) is 41.8. The fraction of sp³-hybridized carbons (Fsp3) is 0.690. The van der Waals surface area contributed by atoms with Crippen molar-refractivity contribution in [3.8, 4) is 0 Å².